The monoisotopic (exact) mass is 662 g/mol. The minimum Gasteiger partial charge on any atom is -0.494 e. The van der Waals surface area contributed by atoms with Gasteiger partial charge in [0.05, 0.1) is 6.61 Å². The van der Waals surface area contributed by atoms with Gasteiger partial charge in [0.25, 0.3) is 5.91 Å². The van der Waals surface area contributed by atoms with Crippen molar-refractivity contribution in [2.24, 2.45) is 4.99 Å². The number of benzene rings is 3. The highest BCUT2D eigenvalue weighted by molar-refractivity contribution is 6.35. The first kappa shape index (κ1) is 34.1. The molecule has 240 valence electrons. The lowest BCUT2D eigenvalue weighted by atomic mass is 9.83. The predicted molar refractivity (Wildman–Crippen MR) is 166 cm³/mol. The Bertz CT molecular complexity index is 1560. The quantitative estimate of drug-likeness (QED) is 0.165. The normalized spacial score (nSPS) is 17.8. The van der Waals surface area contributed by atoms with Gasteiger partial charge in [-0.05, 0) is 81.8 Å². The van der Waals surface area contributed by atoms with Gasteiger partial charge in [-0.25, -0.2) is 13.8 Å². The minimum atomic E-state index is -1.79. The Morgan fingerprint density at radius 3 is 2.47 bits per heavy atom. The molecule has 1 amide bonds. The second-order valence-electron chi connectivity index (χ2n) is 11.5. The molecule has 0 aromatic heterocycles. The maximum absolute atomic E-state index is 14.5. The highest BCUT2D eigenvalue weighted by Crippen LogP contribution is 2.46. The van der Waals surface area contributed by atoms with Gasteiger partial charge in [0.2, 0.25) is 5.90 Å². The summed E-state index contributed by atoms with van der Waals surface area (Å²) in [7, 11) is 0. The molecule has 0 fully saturated rings. The van der Waals surface area contributed by atoms with Crippen molar-refractivity contribution in [3.63, 3.8) is 0 Å². The fourth-order valence-electron chi connectivity index (χ4n) is 4.75. The number of carbonyl (C=O) groups excluding carboxylic acids is 2. The van der Waals surface area contributed by atoms with Crippen LogP contribution in [0.25, 0.3) is 0 Å². The van der Waals surface area contributed by atoms with Crippen LogP contribution in [0.2, 0.25) is 10.0 Å². The van der Waals surface area contributed by atoms with Crippen LogP contribution in [0.4, 0.5) is 8.78 Å². The van der Waals surface area contributed by atoms with E-state index in [0.29, 0.717) is 34.9 Å². The number of aliphatic imine (C=N–C) groups is 1. The zero-order chi connectivity index (χ0) is 32.8. The summed E-state index contributed by atoms with van der Waals surface area (Å²) in [5, 5.41) is 12.2. The molecule has 0 bridgehead atoms. The first-order valence-corrected chi connectivity index (χ1v) is 15.1. The molecular weight excluding hydrogens is 629 g/mol. The molecule has 3 aromatic carbocycles. The van der Waals surface area contributed by atoms with Crippen molar-refractivity contribution in [1.29, 1.82) is 0 Å². The summed E-state index contributed by atoms with van der Waals surface area (Å²) in [6.07, 6.45) is -1.07. The summed E-state index contributed by atoms with van der Waals surface area (Å²) in [6.45, 7) is 5.14. The van der Waals surface area contributed by atoms with Gasteiger partial charge in [-0.3, -0.25) is 9.59 Å². The van der Waals surface area contributed by atoms with E-state index in [0.717, 1.165) is 18.2 Å². The SMILES string of the molecule is CC(C)(C)OC(=O)CC[C@@]1(C(=O)NCc2cc(F)ccc2F)N=C(c2ccc(OCCCO)cc2)O[C@@H]1c1ccc(Cl)cc1Cl. The molecule has 2 N–H and O–H groups in total. The Kier molecular flexibility index (Phi) is 11.1. The Hall–Kier alpha value is -3.73. The average molecular weight is 664 g/mol. The second kappa shape index (κ2) is 14.6. The Morgan fingerprint density at radius 2 is 1.80 bits per heavy atom. The molecule has 8 nitrogen and oxygen atoms in total. The van der Waals surface area contributed by atoms with Crippen LogP contribution >= 0.6 is 23.2 Å². The number of nitrogens with one attached hydrogen (secondary N) is 1. The topological polar surface area (TPSA) is 106 Å². The molecule has 2 atom stereocenters. The molecule has 0 saturated carbocycles. The van der Waals surface area contributed by atoms with Crippen LogP contribution in [0.1, 0.15) is 62.8 Å². The molecule has 1 aliphatic heterocycles. The number of carbonyl (C=O) groups is 2. The Labute approximate surface area is 270 Å². The van der Waals surface area contributed by atoms with Crippen LogP contribution in [0.5, 0.6) is 5.75 Å². The van der Waals surface area contributed by atoms with Crippen LogP contribution in [0.3, 0.4) is 0 Å². The number of aliphatic hydroxyl groups excluding tert-OH is 1. The van der Waals surface area contributed by atoms with Crippen LogP contribution < -0.4 is 10.1 Å². The van der Waals surface area contributed by atoms with Crippen LogP contribution in [0, 0.1) is 11.6 Å². The largest absolute Gasteiger partial charge is 0.494 e. The van der Waals surface area contributed by atoms with Gasteiger partial charge < -0.3 is 24.6 Å². The van der Waals surface area contributed by atoms with E-state index in [9.17, 15) is 18.4 Å². The van der Waals surface area contributed by atoms with Crippen LogP contribution in [0.15, 0.2) is 65.7 Å². The van der Waals surface area contributed by atoms with Crippen LogP contribution in [-0.2, 0) is 25.6 Å². The van der Waals surface area contributed by atoms with Crippen molar-refractivity contribution in [3.05, 3.63) is 99.0 Å². The van der Waals surface area contributed by atoms with E-state index in [4.69, 9.17) is 47.5 Å². The summed E-state index contributed by atoms with van der Waals surface area (Å²) in [5.41, 5.74) is -1.76. The van der Waals surface area contributed by atoms with Crippen molar-refractivity contribution >= 4 is 41.0 Å². The van der Waals surface area contributed by atoms with Crippen molar-refractivity contribution in [1.82, 2.24) is 5.32 Å². The van der Waals surface area contributed by atoms with Gasteiger partial charge >= 0.3 is 5.97 Å². The summed E-state index contributed by atoms with van der Waals surface area (Å²) >= 11 is 12.8. The second-order valence-corrected chi connectivity index (χ2v) is 12.3. The smallest absolute Gasteiger partial charge is 0.306 e. The third-order valence-corrected chi connectivity index (χ3v) is 7.41. The predicted octanol–water partition coefficient (Wildman–Crippen LogP) is 6.73. The lowest BCUT2D eigenvalue weighted by Gasteiger charge is -2.31. The van der Waals surface area contributed by atoms with Crippen molar-refractivity contribution in [2.75, 3.05) is 13.2 Å². The lowest BCUT2D eigenvalue weighted by Crippen LogP contribution is -2.48. The van der Waals surface area contributed by atoms with Gasteiger partial charge in [-0.15, -0.1) is 0 Å². The standard InChI is InChI=1S/C33H34Cl2F2N2O6/c1-32(2,3)45-28(41)13-14-33(31(42)38-19-21-17-23(36)8-12-27(21)37)29(25-11-7-22(34)18-26(25)35)44-30(39-33)20-5-9-24(10-6-20)43-16-4-15-40/h5-12,17-18,29,40H,4,13-16,19H2,1-3H3,(H,38,42)/t29-,33-/m1/s1. The number of nitrogens with zero attached hydrogens (tertiary/aromatic N) is 1. The lowest BCUT2D eigenvalue weighted by molar-refractivity contribution is -0.155. The van der Waals surface area contributed by atoms with Gasteiger partial charge in [0, 0.05) is 52.7 Å². The minimum absolute atomic E-state index is 0.00330. The highest BCUT2D eigenvalue weighted by Gasteiger charge is 2.54. The molecular formula is C33H34Cl2F2N2O6. The van der Waals surface area contributed by atoms with E-state index < -0.39 is 40.8 Å². The van der Waals surface area contributed by atoms with Gasteiger partial charge in [-0.2, -0.15) is 0 Å². The van der Waals surface area contributed by atoms with Crippen LogP contribution in [-0.4, -0.2) is 47.2 Å². The van der Waals surface area contributed by atoms with Gasteiger partial charge in [0.15, 0.2) is 11.6 Å². The van der Waals surface area contributed by atoms with Crippen molar-refractivity contribution < 1.29 is 37.7 Å². The van der Waals surface area contributed by atoms with Gasteiger partial charge in [0.1, 0.15) is 23.0 Å². The zero-order valence-electron chi connectivity index (χ0n) is 25.0. The fraction of sp³-hybridized carbons (Fsp3) is 0.364. The molecule has 0 aliphatic carbocycles. The summed E-state index contributed by atoms with van der Waals surface area (Å²) in [4.78, 5) is 31.9. The van der Waals surface area contributed by atoms with E-state index in [1.54, 1.807) is 57.2 Å². The number of rotatable bonds is 12. The first-order chi connectivity index (χ1) is 21.3. The number of hydrogen-bond acceptors (Lipinski definition) is 7. The molecule has 4 rings (SSSR count). The number of ether oxygens (including phenoxy) is 3. The number of aliphatic hydroxyl groups is 1. The molecule has 0 saturated heterocycles. The number of halogens is 4. The molecule has 0 spiro atoms. The van der Waals surface area contributed by atoms with Gasteiger partial charge in [-0.1, -0.05) is 29.3 Å². The fourth-order valence-corrected chi connectivity index (χ4v) is 5.26. The Morgan fingerprint density at radius 1 is 1.07 bits per heavy atom. The third-order valence-electron chi connectivity index (χ3n) is 6.85. The van der Waals surface area contributed by atoms with E-state index in [2.05, 4.69) is 5.32 Å². The number of hydrogen-bond donors (Lipinski definition) is 2. The molecule has 1 aliphatic rings. The van der Waals surface area contributed by atoms with E-state index >= 15 is 0 Å². The molecule has 45 heavy (non-hydrogen) atoms. The maximum Gasteiger partial charge on any atom is 0.306 e. The van der Waals surface area contributed by atoms with E-state index in [1.807, 2.05) is 0 Å². The van der Waals surface area contributed by atoms with E-state index in [-0.39, 0.29) is 42.5 Å². The molecule has 0 radical (unpaired) electrons. The third kappa shape index (κ3) is 8.71. The summed E-state index contributed by atoms with van der Waals surface area (Å²) in [6, 6.07) is 14.4. The molecule has 1 heterocycles. The van der Waals surface area contributed by atoms with E-state index in [1.165, 1.54) is 6.07 Å². The average Bonchev–Trinajstić information content (AvgIpc) is 3.36. The first-order valence-electron chi connectivity index (χ1n) is 14.3. The molecule has 0 unspecified atom stereocenters. The number of esters is 1. The Balaban J connectivity index is 1.76. The zero-order valence-corrected chi connectivity index (χ0v) is 26.6. The number of amides is 1. The maximum atomic E-state index is 14.5. The summed E-state index contributed by atoms with van der Waals surface area (Å²) in [5.74, 6) is -2.01. The van der Waals surface area contributed by atoms with Crippen molar-refractivity contribution in [2.45, 2.75) is 63.8 Å². The molecule has 12 heteroatoms. The molecule has 3 aromatic rings. The van der Waals surface area contributed by atoms with Crippen molar-refractivity contribution in [3.8, 4) is 5.75 Å². The highest BCUT2D eigenvalue weighted by atomic mass is 35.5. The summed E-state index contributed by atoms with van der Waals surface area (Å²) < 4.78 is 45.8.